The molecule has 0 saturated carbocycles. The van der Waals surface area contributed by atoms with E-state index < -0.39 is 0 Å². The van der Waals surface area contributed by atoms with Crippen LogP contribution < -0.4 is 19.7 Å². The van der Waals surface area contributed by atoms with Crippen molar-refractivity contribution in [2.24, 2.45) is 0 Å². The van der Waals surface area contributed by atoms with Crippen molar-refractivity contribution < 1.29 is 19.2 Å². The minimum atomic E-state index is -0.0709. The molecule has 5 heteroatoms. The van der Waals surface area contributed by atoms with E-state index in [1.807, 2.05) is 25.1 Å². The number of methoxy groups -OCH3 is 2. The number of nitrogens with one attached hydrogen (secondary N) is 2. The topological polar surface area (TPSA) is 52.0 Å². The van der Waals surface area contributed by atoms with Gasteiger partial charge < -0.3 is 19.7 Å². The van der Waals surface area contributed by atoms with Crippen LogP contribution in [0.25, 0.3) is 0 Å². The quantitative estimate of drug-likeness (QED) is 0.834. The molecule has 0 radical (unpaired) electrons. The number of rotatable bonds is 5. The highest BCUT2D eigenvalue weighted by Gasteiger charge is 2.38. The van der Waals surface area contributed by atoms with Crippen LogP contribution in [0, 0.1) is 0 Å². The zero-order valence-electron chi connectivity index (χ0n) is 13.2. The molecule has 1 fully saturated rings. The highest BCUT2D eigenvalue weighted by molar-refractivity contribution is 5.79. The molecule has 5 nitrogen and oxygen atoms in total. The summed E-state index contributed by atoms with van der Waals surface area (Å²) in [5.41, 5.74) is 1.13. The molecule has 1 aliphatic heterocycles. The lowest BCUT2D eigenvalue weighted by atomic mass is 10.0. The molecule has 0 aromatic heterocycles. The summed E-state index contributed by atoms with van der Waals surface area (Å²) in [6.07, 6.45) is 2.17. The summed E-state index contributed by atoms with van der Waals surface area (Å²) in [5, 5.41) is 2.75. The molecule has 2 N–H and O–H groups in total. The van der Waals surface area contributed by atoms with Crippen LogP contribution in [0.15, 0.2) is 18.2 Å². The van der Waals surface area contributed by atoms with E-state index in [1.54, 1.807) is 21.3 Å². The monoisotopic (exact) mass is 293 g/mol. The maximum atomic E-state index is 12.0. The van der Waals surface area contributed by atoms with E-state index in [-0.39, 0.29) is 18.0 Å². The first-order valence-electron chi connectivity index (χ1n) is 7.41. The van der Waals surface area contributed by atoms with Crippen LogP contribution in [-0.2, 0) is 4.79 Å². The molecule has 116 valence electrons. The number of likely N-dealkylation sites (tertiary alicyclic amines) is 1. The van der Waals surface area contributed by atoms with Crippen LogP contribution in [0.2, 0.25) is 0 Å². The van der Waals surface area contributed by atoms with Crippen molar-refractivity contribution in [2.45, 2.75) is 31.8 Å². The Balaban J connectivity index is 2.33. The number of quaternary nitrogens is 1. The van der Waals surface area contributed by atoms with Gasteiger partial charge in [-0.05, 0) is 25.1 Å². The number of hydrogen-bond acceptors (Lipinski definition) is 3. The van der Waals surface area contributed by atoms with Crippen LogP contribution in [0.5, 0.6) is 11.5 Å². The maximum absolute atomic E-state index is 12.0. The number of ether oxygens (including phenoxy) is 2. The average molecular weight is 293 g/mol. The van der Waals surface area contributed by atoms with Gasteiger partial charge in [0.2, 0.25) is 0 Å². The van der Waals surface area contributed by atoms with E-state index >= 15 is 0 Å². The Morgan fingerprint density at radius 1 is 1.38 bits per heavy atom. The van der Waals surface area contributed by atoms with Crippen molar-refractivity contribution in [3.05, 3.63) is 23.8 Å². The lowest BCUT2D eigenvalue weighted by molar-refractivity contribution is -0.932. The smallest absolute Gasteiger partial charge is 0.277 e. The molecule has 1 unspecified atom stereocenters. The Morgan fingerprint density at radius 2 is 2.14 bits per heavy atom. The molecule has 1 aromatic rings. The van der Waals surface area contributed by atoms with Gasteiger partial charge in [-0.2, -0.15) is 0 Å². The van der Waals surface area contributed by atoms with E-state index in [0.717, 1.165) is 36.4 Å². The van der Waals surface area contributed by atoms with Gasteiger partial charge in [0.15, 0.2) is 6.04 Å². The summed E-state index contributed by atoms with van der Waals surface area (Å²) in [7, 11) is 5.04. The minimum Gasteiger partial charge on any atom is -0.497 e. The summed E-state index contributed by atoms with van der Waals surface area (Å²) in [6, 6.07) is 6.07. The van der Waals surface area contributed by atoms with Crippen molar-refractivity contribution >= 4 is 5.91 Å². The zero-order chi connectivity index (χ0) is 15.4. The first-order chi connectivity index (χ1) is 10.1. The summed E-state index contributed by atoms with van der Waals surface area (Å²) in [4.78, 5) is 13.3. The number of likely N-dealkylation sites (N-methyl/N-ethyl adjacent to an activating group) is 1. The van der Waals surface area contributed by atoms with Crippen molar-refractivity contribution in [1.29, 1.82) is 0 Å². The predicted molar refractivity (Wildman–Crippen MR) is 80.9 cm³/mol. The van der Waals surface area contributed by atoms with E-state index in [0.29, 0.717) is 0 Å². The van der Waals surface area contributed by atoms with Gasteiger partial charge in [0.1, 0.15) is 17.5 Å². The second-order valence-corrected chi connectivity index (χ2v) is 5.46. The lowest BCUT2D eigenvalue weighted by Crippen LogP contribution is -3.15. The van der Waals surface area contributed by atoms with E-state index in [1.165, 1.54) is 4.90 Å². The summed E-state index contributed by atoms with van der Waals surface area (Å²) in [5.74, 6) is 1.77. The highest BCUT2D eigenvalue weighted by atomic mass is 16.5. The molecule has 1 saturated heterocycles. The van der Waals surface area contributed by atoms with E-state index in [9.17, 15) is 4.79 Å². The third-order valence-electron chi connectivity index (χ3n) is 4.41. The molecule has 0 bridgehead atoms. The van der Waals surface area contributed by atoms with Crippen molar-refractivity contribution in [3.63, 3.8) is 0 Å². The van der Waals surface area contributed by atoms with Gasteiger partial charge in [0, 0.05) is 19.9 Å². The Labute approximate surface area is 126 Å². The second kappa shape index (κ2) is 6.80. The molecule has 0 spiro atoms. The van der Waals surface area contributed by atoms with Crippen LogP contribution in [0.4, 0.5) is 0 Å². The molecule has 2 rings (SSSR count). The molecular weight excluding hydrogens is 268 g/mol. The highest BCUT2D eigenvalue weighted by Crippen LogP contribution is 2.31. The molecule has 3 atom stereocenters. The van der Waals surface area contributed by atoms with Crippen LogP contribution in [-0.4, -0.2) is 39.8 Å². The predicted octanol–water partition coefficient (Wildman–Crippen LogP) is 0.558. The van der Waals surface area contributed by atoms with Crippen molar-refractivity contribution in [3.8, 4) is 11.5 Å². The maximum Gasteiger partial charge on any atom is 0.277 e. The molecule has 0 aliphatic carbocycles. The van der Waals surface area contributed by atoms with Gasteiger partial charge in [-0.25, -0.2) is 0 Å². The fourth-order valence-corrected chi connectivity index (χ4v) is 3.24. The Hall–Kier alpha value is -1.75. The number of benzene rings is 1. The molecule has 1 aromatic carbocycles. The number of carbonyl (C=O) groups is 1. The SMILES string of the molecule is CNC(=O)[C@H](C)[NH+]1CCC[C@@H]1c1cc(OC)ccc1OC. The van der Waals surface area contributed by atoms with Crippen LogP contribution in [0.1, 0.15) is 31.4 Å². The van der Waals surface area contributed by atoms with Gasteiger partial charge >= 0.3 is 0 Å². The van der Waals surface area contributed by atoms with Crippen molar-refractivity contribution in [1.82, 2.24) is 5.32 Å². The molecular formula is C16H25N2O3+. The largest absolute Gasteiger partial charge is 0.497 e. The van der Waals surface area contributed by atoms with Gasteiger partial charge in [-0.1, -0.05) is 0 Å². The first-order valence-corrected chi connectivity index (χ1v) is 7.41. The third kappa shape index (κ3) is 3.13. The Morgan fingerprint density at radius 3 is 2.76 bits per heavy atom. The molecule has 1 aliphatic rings. The van der Waals surface area contributed by atoms with Crippen LogP contribution >= 0.6 is 0 Å². The Bertz CT molecular complexity index is 504. The molecule has 1 heterocycles. The van der Waals surface area contributed by atoms with Gasteiger partial charge in [0.05, 0.1) is 26.3 Å². The fraction of sp³-hybridized carbons (Fsp3) is 0.562. The van der Waals surface area contributed by atoms with E-state index in [2.05, 4.69) is 5.32 Å². The zero-order valence-corrected chi connectivity index (χ0v) is 13.2. The van der Waals surface area contributed by atoms with Gasteiger partial charge in [-0.15, -0.1) is 0 Å². The minimum absolute atomic E-state index is 0.0709. The summed E-state index contributed by atoms with van der Waals surface area (Å²) >= 11 is 0. The van der Waals surface area contributed by atoms with Gasteiger partial charge in [-0.3, -0.25) is 4.79 Å². The second-order valence-electron chi connectivity index (χ2n) is 5.46. The number of hydrogen-bond donors (Lipinski definition) is 2. The summed E-state index contributed by atoms with van der Waals surface area (Å²) < 4.78 is 10.8. The lowest BCUT2D eigenvalue weighted by Gasteiger charge is -2.27. The van der Waals surface area contributed by atoms with Crippen molar-refractivity contribution in [2.75, 3.05) is 27.8 Å². The first kappa shape index (κ1) is 15.6. The molecule has 21 heavy (non-hydrogen) atoms. The molecule has 1 amide bonds. The average Bonchev–Trinajstić information content (AvgIpc) is 3.01. The fourth-order valence-electron chi connectivity index (χ4n) is 3.24. The summed E-state index contributed by atoms with van der Waals surface area (Å²) in [6.45, 7) is 2.98. The van der Waals surface area contributed by atoms with Gasteiger partial charge in [0.25, 0.3) is 5.91 Å². The Kier molecular flexibility index (Phi) is 5.07. The third-order valence-corrected chi connectivity index (χ3v) is 4.41. The van der Waals surface area contributed by atoms with E-state index in [4.69, 9.17) is 9.47 Å². The normalized spacial score (nSPS) is 22.7. The van der Waals surface area contributed by atoms with Crippen LogP contribution in [0.3, 0.4) is 0 Å². The number of carbonyl (C=O) groups excluding carboxylic acids is 1. The number of amides is 1. The standard InChI is InChI=1S/C16H24N2O3/c1-11(16(19)17-2)18-9-5-6-14(18)13-10-12(20-3)7-8-15(13)21-4/h7-8,10-11,14H,5-6,9H2,1-4H3,(H,17,19)/p+1/t11-,14+/m0/s1.